The van der Waals surface area contributed by atoms with Gasteiger partial charge in [0.25, 0.3) is 0 Å². The summed E-state index contributed by atoms with van der Waals surface area (Å²) in [6.07, 6.45) is -3.40. The predicted molar refractivity (Wildman–Crippen MR) is 84.5 cm³/mol. The third kappa shape index (κ3) is 3.39. The van der Waals surface area contributed by atoms with Crippen LogP contribution in [0.2, 0.25) is 0 Å². The summed E-state index contributed by atoms with van der Waals surface area (Å²) in [4.78, 5) is 7.72. The van der Waals surface area contributed by atoms with Crippen LogP contribution in [0.1, 0.15) is 23.6 Å². The first-order valence-corrected chi connectivity index (χ1v) is 7.01. The number of hydrogen-bond donors (Lipinski definition) is 3. The quantitative estimate of drug-likeness (QED) is 0.728. The van der Waals surface area contributed by atoms with E-state index in [9.17, 15) is 13.2 Å². The minimum Gasteiger partial charge on any atom is -0.493 e. The van der Waals surface area contributed by atoms with Crippen molar-refractivity contribution in [2.75, 3.05) is 24.7 Å². The molecule has 128 valence electrons. The first-order valence-electron chi connectivity index (χ1n) is 7.01. The molecule has 0 fully saturated rings. The van der Waals surface area contributed by atoms with E-state index in [1.54, 1.807) is 14.0 Å². The Balaban J connectivity index is 2.56. The van der Waals surface area contributed by atoms with Gasteiger partial charge in [-0.2, -0.15) is 13.2 Å². The van der Waals surface area contributed by atoms with Crippen LogP contribution < -0.4 is 15.8 Å². The number of ether oxygens (including phenoxy) is 1. The van der Waals surface area contributed by atoms with Gasteiger partial charge in [-0.3, -0.25) is 5.41 Å². The summed E-state index contributed by atoms with van der Waals surface area (Å²) in [5.41, 5.74) is 4.76. The van der Waals surface area contributed by atoms with Gasteiger partial charge >= 0.3 is 6.18 Å². The van der Waals surface area contributed by atoms with Gasteiger partial charge in [0.05, 0.1) is 23.4 Å². The number of alkyl halides is 3. The summed E-state index contributed by atoms with van der Waals surface area (Å²) in [7, 11) is 1.57. The van der Waals surface area contributed by atoms with Crippen molar-refractivity contribution >= 4 is 17.3 Å². The number of nitrogens with two attached hydrogens (primary N) is 1. The lowest BCUT2D eigenvalue weighted by atomic mass is 10.00. The summed E-state index contributed by atoms with van der Waals surface area (Å²) >= 11 is 0. The molecule has 0 bridgehead atoms. The maximum Gasteiger partial charge on any atom is 0.419 e. The van der Waals surface area contributed by atoms with E-state index in [1.165, 1.54) is 18.5 Å². The lowest BCUT2D eigenvalue weighted by Gasteiger charge is -2.16. The van der Waals surface area contributed by atoms with Crippen LogP contribution in [0.15, 0.2) is 24.5 Å². The van der Waals surface area contributed by atoms with Gasteiger partial charge in [0, 0.05) is 12.6 Å². The second-order valence-electron chi connectivity index (χ2n) is 4.75. The summed E-state index contributed by atoms with van der Waals surface area (Å²) in [5.74, 6) is -0.0237. The molecule has 9 heteroatoms. The fourth-order valence-corrected chi connectivity index (χ4v) is 2.17. The van der Waals surface area contributed by atoms with Crippen molar-refractivity contribution < 1.29 is 17.9 Å². The fraction of sp³-hybridized carbons (Fsp3) is 0.267. The van der Waals surface area contributed by atoms with Crippen LogP contribution >= 0.6 is 0 Å². The number of rotatable bonds is 5. The third-order valence-electron chi connectivity index (χ3n) is 3.24. The fourth-order valence-electron chi connectivity index (χ4n) is 2.17. The van der Waals surface area contributed by atoms with Gasteiger partial charge in [-0.15, -0.1) is 0 Å². The molecule has 0 aliphatic heterocycles. The predicted octanol–water partition coefficient (Wildman–Crippen LogP) is 2.93. The van der Waals surface area contributed by atoms with Crippen molar-refractivity contribution in [3.05, 3.63) is 41.2 Å². The molecule has 2 rings (SSSR count). The molecule has 1 heterocycles. The number of aromatic nitrogens is 2. The van der Waals surface area contributed by atoms with Gasteiger partial charge in [-0.25, -0.2) is 9.97 Å². The summed E-state index contributed by atoms with van der Waals surface area (Å²) < 4.78 is 44.7. The lowest BCUT2D eigenvalue weighted by molar-refractivity contribution is -0.138. The Kier molecular flexibility index (Phi) is 4.91. The largest absolute Gasteiger partial charge is 0.493 e. The summed E-state index contributed by atoms with van der Waals surface area (Å²) in [6, 6.07) is 3.42. The summed E-state index contributed by atoms with van der Waals surface area (Å²) in [5, 5.41) is 11.0. The van der Waals surface area contributed by atoms with Crippen molar-refractivity contribution in [2.24, 2.45) is 0 Å². The summed E-state index contributed by atoms with van der Waals surface area (Å²) in [6.45, 7) is 1.69. The van der Waals surface area contributed by atoms with Crippen LogP contribution in [0.4, 0.5) is 24.8 Å². The van der Waals surface area contributed by atoms with Crippen LogP contribution in [-0.2, 0) is 6.18 Å². The number of anilines is 2. The van der Waals surface area contributed by atoms with E-state index < -0.39 is 11.7 Å². The van der Waals surface area contributed by atoms with Crippen molar-refractivity contribution in [3.63, 3.8) is 0 Å². The van der Waals surface area contributed by atoms with E-state index in [-0.39, 0.29) is 40.8 Å². The van der Waals surface area contributed by atoms with E-state index in [4.69, 9.17) is 15.9 Å². The second kappa shape index (κ2) is 6.73. The van der Waals surface area contributed by atoms with Crippen LogP contribution in [0.3, 0.4) is 0 Å². The molecule has 0 saturated heterocycles. The number of nitrogens with zero attached hydrogens (tertiary/aromatic N) is 2. The van der Waals surface area contributed by atoms with Crippen LogP contribution in [0.5, 0.6) is 5.75 Å². The highest BCUT2D eigenvalue weighted by atomic mass is 19.4. The zero-order valence-corrected chi connectivity index (χ0v) is 13.0. The lowest BCUT2D eigenvalue weighted by Crippen LogP contribution is -2.14. The van der Waals surface area contributed by atoms with E-state index in [1.807, 2.05) is 0 Å². The zero-order valence-electron chi connectivity index (χ0n) is 13.0. The second-order valence-corrected chi connectivity index (χ2v) is 4.75. The molecular weight excluding hydrogens is 323 g/mol. The minimum absolute atomic E-state index is 0.00166. The standard InChI is InChI=1S/C15H16F3N5O/c1-3-24-10-5-4-8(6-9(10)15(16,17)18)12(19)11-13(20)22-7-23-14(11)21-2/h4-7,19H,3H2,1-2H3,(H3,20,21,22,23). The van der Waals surface area contributed by atoms with Gasteiger partial charge in [-0.1, -0.05) is 0 Å². The van der Waals surface area contributed by atoms with Gasteiger partial charge in [0.1, 0.15) is 23.7 Å². The topological polar surface area (TPSA) is 96.9 Å². The molecule has 0 radical (unpaired) electrons. The highest BCUT2D eigenvalue weighted by Gasteiger charge is 2.35. The Morgan fingerprint density at radius 3 is 2.62 bits per heavy atom. The molecule has 1 aromatic carbocycles. The molecule has 24 heavy (non-hydrogen) atoms. The maximum atomic E-state index is 13.2. The normalized spacial score (nSPS) is 11.2. The Bertz CT molecular complexity index is 761. The van der Waals surface area contributed by atoms with E-state index in [0.29, 0.717) is 0 Å². The van der Waals surface area contributed by atoms with Crippen molar-refractivity contribution in [1.29, 1.82) is 5.41 Å². The van der Waals surface area contributed by atoms with Crippen molar-refractivity contribution in [3.8, 4) is 5.75 Å². The molecule has 1 aromatic heterocycles. The number of hydrogen-bond acceptors (Lipinski definition) is 6. The van der Waals surface area contributed by atoms with Crippen molar-refractivity contribution in [2.45, 2.75) is 13.1 Å². The average molecular weight is 339 g/mol. The van der Waals surface area contributed by atoms with E-state index in [2.05, 4.69) is 15.3 Å². The molecule has 4 N–H and O–H groups in total. The Morgan fingerprint density at radius 2 is 2.04 bits per heavy atom. The average Bonchev–Trinajstić information content (AvgIpc) is 2.53. The van der Waals surface area contributed by atoms with Crippen LogP contribution in [0.25, 0.3) is 0 Å². The number of nitrogen functional groups attached to an aromatic ring is 1. The molecule has 0 spiro atoms. The number of halogens is 3. The van der Waals surface area contributed by atoms with E-state index >= 15 is 0 Å². The molecular formula is C15H16F3N5O. The molecule has 0 aliphatic carbocycles. The molecule has 0 saturated carbocycles. The molecule has 0 atom stereocenters. The Labute approximate surface area is 136 Å². The highest BCUT2D eigenvalue weighted by Crippen LogP contribution is 2.37. The monoisotopic (exact) mass is 339 g/mol. The molecule has 2 aromatic rings. The first-order chi connectivity index (χ1) is 11.3. The van der Waals surface area contributed by atoms with Gasteiger partial charge in [0.2, 0.25) is 0 Å². The third-order valence-corrected chi connectivity index (χ3v) is 3.24. The molecule has 0 amide bonds. The van der Waals surface area contributed by atoms with Crippen molar-refractivity contribution in [1.82, 2.24) is 9.97 Å². The number of benzene rings is 1. The van der Waals surface area contributed by atoms with Gasteiger partial charge < -0.3 is 15.8 Å². The van der Waals surface area contributed by atoms with Gasteiger partial charge in [-0.05, 0) is 25.1 Å². The Morgan fingerprint density at radius 1 is 1.33 bits per heavy atom. The minimum atomic E-state index is -4.61. The van der Waals surface area contributed by atoms with E-state index in [0.717, 1.165) is 6.07 Å². The van der Waals surface area contributed by atoms with Crippen LogP contribution in [-0.4, -0.2) is 29.3 Å². The van der Waals surface area contributed by atoms with Gasteiger partial charge in [0.15, 0.2) is 0 Å². The highest BCUT2D eigenvalue weighted by molar-refractivity contribution is 6.16. The smallest absolute Gasteiger partial charge is 0.419 e. The van der Waals surface area contributed by atoms with Crippen LogP contribution in [0, 0.1) is 5.41 Å². The molecule has 0 aliphatic rings. The zero-order chi connectivity index (χ0) is 17.9. The molecule has 6 nitrogen and oxygen atoms in total. The Hall–Kier alpha value is -2.84. The number of nitrogens with one attached hydrogen (secondary N) is 2. The molecule has 0 unspecified atom stereocenters. The SMILES string of the molecule is CCOc1ccc(C(=N)c2c(N)ncnc2NC)cc1C(F)(F)F. The first kappa shape index (κ1) is 17.5. The maximum absolute atomic E-state index is 13.2.